The number of Topliss-reactive ketones (excluding diaryl/α,β-unsaturated/α-hetero) is 1. The van der Waals surface area contributed by atoms with Crippen LogP contribution >= 0.6 is 0 Å². The summed E-state index contributed by atoms with van der Waals surface area (Å²) >= 11 is 0. The Morgan fingerprint density at radius 3 is 2.09 bits per heavy atom. The van der Waals surface area contributed by atoms with Crippen LogP contribution in [0.5, 0.6) is 0 Å². The van der Waals surface area contributed by atoms with Gasteiger partial charge in [-0.3, -0.25) is 19.8 Å². The normalized spacial score (nSPS) is 16.1. The largest absolute Gasteiger partial charge is 0.323 e. The van der Waals surface area contributed by atoms with Gasteiger partial charge in [-0.25, -0.2) is 5.01 Å². The van der Waals surface area contributed by atoms with Crippen molar-refractivity contribution in [3.05, 3.63) is 29.8 Å². The van der Waals surface area contributed by atoms with E-state index in [2.05, 4.69) is 15.6 Å². The maximum atomic E-state index is 11.8. The molecule has 1 fully saturated rings. The molecule has 1 aromatic carbocycles. The van der Waals surface area contributed by atoms with E-state index in [4.69, 9.17) is 0 Å². The Morgan fingerprint density at radius 2 is 1.55 bits per heavy atom. The average Bonchev–Trinajstić information content (AvgIpc) is 2.50. The van der Waals surface area contributed by atoms with Gasteiger partial charge < -0.3 is 10.2 Å². The van der Waals surface area contributed by atoms with E-state index in [1.807, 2.05) is 7.05 Å². The number of carbonyl (C=O) groups is 3. The molecule has 1 heterocycles. The molecular weight excluding hydrogens is 284 g/mol. The van der Waals surface area contributed by atoms with Crippen LogP contribution in [-0.4, -0.2) is 60.7 Å². The van der Waals surface area contributed by atoms with E-state index >= 15 is 0 Å². The molecule has 0 atom stereocenters. The van der Waals surface area contributed by atoms with E-state index in [0.717, 1.165) is 13.1 Å². The smallest absolute Gasteiger partial charge is 0.318 e. The van der Waals surface area contributed by atoms with Gasteiger partial charge in [-0.2, -0.15) is 0 Å². The lowest BCUT2D eigenvalue weighted by Gasteiger charge is -2.32. The van der Waals surface area contributed by atoms with Crippen LogP contribution in [0.4, 0.5) is 5.69 Å². The molecule has 7 nitrogen and oxygen atoms in total. The molecule has 22 heavy (non-hydrogen) atoms. The summed E-state index contributed by atoms with van der Waals surface area (Å²) in [5, 5.41) is 4.24. The van der Waals surface area contributed by atoms with Gasteiger partial charge in [-0.05, 0) is 38.2 Å². The minimum absolute atomic E-state index is 0.0503. The van der Waals surface area contributed by atoms with E-state index in [1.54, 1.807) is 29.3 Å². The monoisotopic (exact) mass is 304 g/mol. The molecule has 2 N–H and O–H groups in total. The van der Waals surface area contributed by atoms with Crippen molar-refractivity contribution in [1.29, 1.82) is 0 Å². The van der Waals surface area contributed by atoms with Gasteiger partial charge in [0.1, 0.15) is 0 Å². The summed E-state index contributed by atoms with van der Waals surface area (Å²) in [4.78, 5) is 37.0. The molecule has 7 heteroatoms. The summed E-state index contributed by atoms with van der Waals surface area (Å²) in [5.74, 6) is -1.47. The first-order chi connectivity index (χ1) is 10.5. The first-order valence-corrected chi connectivity index (χ1v) is 7.12. The number of hydrogen-bond donors (Lipinski definition) is 2. The Morgan fingerprint density at radius 1 is 0.955 bits per heavy atom. The number of amides is 2. The van der Waals surface area contributed by atoms with Crippen LogP contribution in [0.3, 0.4) is 0 Å². The van der Waals surface area contributed by atoms with Crippen LogP contribution < -0.4 is 10.7 Å². The second-order valence-corrected chi connectivity index (χ2v) is 5.32. The lowest BCUT2D eigenvalue weighted by atomic mass is 10.1. The summed E-state index contributed by atoms with van der Waals surface area (Å²) in [6, 6.07) is 6.40. The van der Waals surface area contributed by atoms with Crippen molar-refractivity contribution in [3.63, 3.8) is 0 Å². The summed E-state index contributed by atoms with van der Waals surface area (Å²) in [6.45, 7) is 4.52. The lowest BCUT2D eigenvalue weighted by Crippen LogP contribution is -2.54. The number of hydrogen-bond acceptors (Lipinski definition) is 5. The Balaban J connectivity index is 1.85. The molecule has 2 rings (SSSR count). The number of ketones is 1. The Labute approximate surface area is 129 Å². The predicted molar refractivity (Wildman–Crippen MR) is 82.3 cm³/mol. The molecule has 0 bridgehead atoms. The number of hydrazine groups is 1. The highest BCUT2D eigenvalue weighted by atomic mass is 16.2. The van der Waals surface area contributed by atoms with E-state index < -0.39 is 11.8 Å². The molecule has 0 radical (unpaired) electrons. The SMILES string of the molecule is CC(=O)c1ccc(NC(=O)C(=O)NN2CCN(C)CC2)cc1. The highest BCUT2D eigenvalue weighted by Gasteiger charge is 2.20. The van der Waals surface area contributed by atoms with Crippen molar-refractivity contribution in [2.24, 2.45) is 0 Å². The topological polar surface area (TPSA) is 81.7 Å². The van der Waals surface area contributed by atoms with Crippen molar-refractivity contribution in [2.75, 3.05) is 38.5 Å². The summed E-state index contributed by atoms with van der Waals surface area (Å²) in [5.41, 5.74) is 3.62. The fraction of sp³-hybridized carbons (Fsp3) is 0.400. The Bertz CT molecular complexity index is 563. The molecule has 1 aromatic rings. The third kappa shape index (κ3) is 4.37. The predicted octanol–water partition coefficient (Wildman–Crippen LogP) is 0.106. The molecule has 1 aliphatic heterocycles. The van der Waals surface area contributed by atoms with Crippen LogP contribution in [0.15, 0.2) is 24.3 Å². The molecule has 1 saturated heterocycles. The quantitative estimate of drug-likeness (QED) is 0.612. The first-order valence-electron chi connectivity index (χ1n) is 7.12. The summed E-state index contributed by atoms with van der Waals surface area (Å²) in [7, 11) is 2.01. The number of rotatable bonds is 3. The van der Waals surface area contributed by atoms with Crippen LogP contribution in [-0.2, 0) is 9.59 Å². The highest BCUT2D eigenvalue weighted by molar-refractivity contribution is 6.39. The maximum absolute atomic E-state index is 11.8. The van der Waals surface area contributed by atoms with Crippen molar-refractivity contribution in [1.82, 2.24) is 15.3 Å². The van der Waals surface area contributed by atoms with Gasteiger partial charge >= 0.3 is 11.8 Å². The van der Waals surface area contributed by atoms with Crippen LogP contribution in [0.25, 0.3) is 0 Å². The molecule has 0 aliphatic carbocycles. The highest BCUT2D eigenvalue weighted by Crippen LogP contribution is 2.09. The van der Waals surface area contributed by atoms with Crippen LogP contribution in [0, 0.1) is 0 Å². The zero-order chi connectivity index (χ0) is 16.1. The number of anilines is 1. The van der Waals surface area contributed by atoms with Gasteiger partial charge in [-0.15, -0.1) is 0 Å². The number of carbonyl (C=O) groups excluding carboxylic acids is 3. The van der Waals surface area contributed by atoms with Crippen molar-refractivity contribution >= 4 is 23.3 Å². The number of piperazine rings is 1. The molecular formula is C15H20N4O3. The second kappa shape index (κ2) is 7.15. The lowest BCUT2D eigenvalue weighted by molar-refractivity contribution is -0.139. The molecule has 2 amide bonds. The first kappa shape index (κ1) is 16.1. The molecule has 0 saturated carbocycles. The van der Waals surface area contributed by atoms with Crippen LogP contribution in [0.1, 0.15) is 17.3 Å². The van der Waals surface area contributed by atoms with Crippen molar-refractivity contribution in [3.8, 4) is 0 Å². The van der Waals surface area contributed by atoms with Gasteiger partial charge in [0.15, 0.2) is 5.78 Å². The number of nitrogens with one attached hydrogen (secondary N) is 2. The van der Waals surface area contributed by atoms with Crippen molar-refractivity contribution < 1.29 is 14.4 Å². The van der Waals surface area contributed by atoms with E-state index in [9.17, 15) is 14.4 Å². The molecule has 0 aromatic heterocycles. The minimum Gasteiger partial charge on any atom is -0.318 e. The Hall–Kier alpha value is -2.25. The number of likely N-dealkylation sites (N-methyl/N-ethyl adjacent to an activating group) is 1. The van der Waals surface area contributed by atoms with Gasteiger partial charge in [0, 0.05) is 37.4 Å². The van der Waals surface area contributed by atoms with Gasteiger partial charge in [0.05, 0.1) is 0 Å². The van der Waals surface area contributed by atoms with Crippen molar-refractivity contribution in [2.45, 2.75) is 6.92 Å². The fourth-order valence-corrected chi connectivity index (χ4v) is 2.09. The average molecular weight is 304 g/mol. The van der Waals surface area contributed by atoms with E-state index in [-0.39, 0.29) is 5.78 Å². The second-order valence-electron chi connectivity index (χ2n) is 5.32. The maximum Gasteiger partial charge on any atom is 0.323 e. The van der Waals surface area contributed by atoms with Gasteiger partial charge in [-0.1, -0.05) is 0 Å². The third-order valence-corrected chi connectivity index (χ3v) is 3.52. The van der Waals surface area contributed by atoms with Gasteiger partial charge in [0.25, 0.3) is 0 Å². The summed E-state index contributed by atoms with van der Waals surface area (Å²) in [6.07, 6.45) is 0. The number of nitrogens with zero attached hydrogens (tertiary/aromatic N) is 2. The number of benzene rings is 1. The third-order valence-electron chi connectivity index (χ3n) is 3.52. The van der Waals surface area contributed by atoms with E-state index in [1.165, 1.54) is 6.92 Å². The zero-order valence-corrected chi connectivity index (χ0v) is 12.8. The standard InChI is InChI=1S/C15H20N4O3/c1-11(20)12-3-5-13(6-4-12)16-14(21)15(22)17-19-9-7-18(2)8-10-19/h3-6H,7-10H2,1-2H3,(H,16,21)(H,17,22). The Kier molecular flexibility index (Phi) is 5.24. The summed E-state index contributed by atoms with van der Waals surface area (Å²) < 4.78 is 0. The molecule has 0 spiro atoms. The van der Waals surface area contributed by atoms with Gasteiger partial charge in [0.2, 0.25) is 0 Å². The van der Waals surface area contributed by atoms with E-state index in [0.29, 0.717) is 24.3 Å². The van der Waals surface area contributed by atoms with Crippen LogP contribution in [0.2, 0.25) is 0 Å². The zero-order valence-electron chi connectivity index (χ0n) is 12.8. The molecule has 1 aliphatic rings. The molecule has 0 unspecified atom stereocenters. The fourth-order valence-electron chi connectivity index (χ4n) is 2.09. The minimum atomic E-state index is -0.727. The molecule has 118 valence electrons.